The number of ether oxygens (including phenoxy) is 2. The van der Waals surface area contributed by atoms with Crippen molar-refractivity contribution in [1.29, 1.82) is 0 Å². The summed E-state index contributed by atoms with van der Waals surface area (Å²) in [6.07, 6.45) is 5.58. The molecule has 1 spiro atoms. The Morgan fingerprint density at radius 2 is 1.95 bits per heavy atom. The smallest absolute Gasteiger partial charge is 0.150 e. The second kappa shape index (κ2) is 6.14. The average Bonchev–Trinajstić information content (AvgIpc) is 2.79. The molecule has 3 fully saturated rings. The molecule has 21 heavy (non-hydrogen) atoms. The molecular formula is C15H27NO4S. The molecule has 0 radical (unpaired) electrons. The Balaban J connectivity index is 1.56. The van der Waals surface area contributed by atoms with Crippen LogP contribution in [-0.4, -0.2) is 51.4 Å². The maximum Gasteiger partial charge on any atom is 0.150 e. The molecule has 3 atom stereocenters. The molecule has 0 aliphatic carbocycles. The van der Waals surface area contributed by atoms with Crippen molar-refractivity contribution in [2.24, 2.45) is 17.6 Å². The van der Waals surface area contributed by atoms with Crippen molar-refractivity contribution in [2.45, 2.75) is 50.2 Å². The summed E-state index contributed by atoms with van der Waals surface area (Å²) in [5.74, 6) is 1.40. The summed E-state index contributed by atoms with van der Waals surface area (Å²) in [6.45, 7) is 2.34. The molecule has 0 aromatic carbocycles. The highest BCUT2D eigenvalue weighted by Gasteiger charge is 2.41. The third-order valence-electron chi connectivity index (χ3n) is 5.47. The van der Waals surface area contributed by atoms with Crippen molar-refractivity contribution >= 4 is 9.84 Å². The Bertz CT molecular complexity index is 453. The lowest BCUT2D eigenvalue weighted by Crippen LogP contribution is -2.48. The van der Waals surface area contributed by atoms with Crippen molar-refractivity contribution < 1.29 is 17.9 Å². The van der Waals surface area contributed by atoms with Gasteiger partial charge in [0.1, 0.15) is 0 Å². The second-order valence-electron chi connectivity index (χ2n) is 7.07. The van der Waals surface area contributed by atoms with Gasteiger partial charge in [-0.25, -0.2) is 8.42 Å². The Kier molecular flexibility index (Phi) is 4.60. The van der Waals surface area contributed by atoms with Crippen LogP contribution in [0.25, 0.3) is 0 Å². The lowest BCUT2D eigenvalue weighted by molar-refractivity contribution is -0.149. The molecule has 5 nitrogen and oxygen atoms in total. The topological polar surface area (TPSA) is 78.6 Å². The van der Waals surface area contributed by atoms with E-state index >= 15 is 0 Å². The standard InChI is InChI=1S/C15H27NO4S/c16-14(9-12-2-8-21(17,18)11-12)13-1-5-20-15(10-13)3-6-19-7-4-15/h12-14H,1-11,16H2. The highest BCUT2D eigenvalue weighted by Crippen LogP contribution is 2.39. The van der Waals surface area contributed by atoms with Gasteiger partial charge in [0.05, 0.1) is 17.1 Å². The largest absolute Gasteiger partial charge is 0.381 e. The van der Waals surface area contributed by atoms with Crippen LogP contribution in [0.5, 0.6) is 0 Å². The highest BCUT2D eigenvalue weighted by molar-refractivity contribution is 7.91. The quantitative estimate of drug-likeness (QED) is 0.844. The summed E-state index contributed by atoms with van der Waals surface area (Å²) in [5, 5.41) is 0. The van der Waals surface area contributed by atoms with Crippen molar-refractivity contribution in [3.8, 4) is 0 Å². The van der Waals surface area contributed by atoms with E-state index in [9.17, 15) is 8.42 Å². The minimum Gasteiger partial charge on any atom is -0.381 e. The lowest BCUT2D eigenvalue weighted by Gasteiger charge is -2.45. The lowest BCUT2D eigenvalue weighted by atomic mass is 9.76. The molecule has 3 unspecified atom stereocenters. The fourth-order valence-corrected chi connectivity index (χ4v) is 6.04. The van der Waals surface area contributed by atoms with Crippen molar-refractivity contribution in [2.75, 3.05) is 31.3 Å². The Labute approximate surface area is 127 Å². The van der Waals surface area contributed by atoms with Gasteiger partial charge in [-0.1, -0.05) is 0 Å². The molecule has 2 N–H and O–H groups in total. The molecule has 0 aromatic rings. The van der Waals surface area contributed by atoms with Gasteiger partial charge in [0, 0.05) is 25.9 Å². The first-order valence-electron chi connectivity index (χ1n) is 8.16. The predicted octanol–water partition coefficient (Wildman–Crippen LogP) is 1.11. The second-order valence-corrected chi connectivity index (χ2v) is 9.29. The van der Waals surface area contributed by atoms with Gasteiger partial charge in [0.25, 0.3) is 0 Å². The normalized spacial score (nSPS) is 36.6. The van der Waals surface area contributed by atoms with E-state index in [-0.39, 0.29) is 17.6 Å². The van der Waals surface area contributed by atoms with Crippen molar-refractivity contribution in [3.05, 3.63) is 0 Å². The van der Waals surface area contributed by atoms with Gasteiger partial charge in [-0.05, 0) is 50.4 Å². The first-order chi connectivity index (χ1) is 9.98. The van der Waals surface area contributed by atoms with Gasteiger partial charge in [0.15, 0.2) is 9.84 Å². The number of hydrogen-bond donors (Lipinski definition) is 1. The number of hydrogen-bond acceptors (Lipinski definition) is 5. The van der Waals surface area contributed by atoms with E-state index < -0.39 is 9.84 Å². The summed E-state index contributed by atoms with van der Waals surface area (Å²) in [5.41, 5.74) is 6.40. The van der Waals surface area contributed by atoms with Crippen LogP contribution >= 0.6 is 0 Å². The SMILES string of the molecule is NC(CC1CCS(=O)(=O)C1)C1CCOC2(CCOCC2)C1. The Morgan fingerprint density at radius 1 is 1.19 bits per heavy atom. The van der Waals surface area contributed by atoms with Crippen LogP contribution in [0.3, 0.4) is 0 Å². The maximum absolute atomic E-state index is 11.6. The fourth-order valence-electron chi connectivity index (χ4n) is 4.16. The summed E-state index contributed by atoms with van der Waals surface area (Å²) in [4.78, 5) is 0. The first-order valence-corrected chi connectivity index (χ1v) is 9.98. The van der Waals surface area contributed by atoms with Crippen LogP contribution in [0.2, 0.25) is 0 Å². The minimum absolute atomic E-state index is 0.0272. The molecule has 6 heteroatoms. The molecule has 3 rings (SSSR count). The monoisotopic (exact) mass is 317 g/mol. The van der Waals surface area contributed by atoms with Gasteiger partial charge in [-0.2, -0.15) is 0 Å². The molecule has 0 saturated carbocycles. The van der Waals surface area contributed by atoms with E-state index in [1.807, 2.05) is 0 Å². The zero-order valence-corrected chi connectivity index (χ0v) is 13.4. The van der Waals surface area contributed by atoms with Gasteiger partial charge in [-0.3, -0.25) is 0 Å². The third-order valence-corrected chi connectivity index (χ3v) is 7.31. The Hall–Kier alpha value is -0.170. The molecular weight excluding hydrogens is 290 g/mol. The molecule has 3 aliphatic heterocycles. The molecule has 0 bridgehead atoms. The average molecular weight is 317 g/mol. The number of sulfone groups is 1. The zero-order valence-electron chi connectivity index (χ0n) is 12.6. The van der Waals surface area contributed by atoms with Gasteiger partial charge < -0.3 is 15.2 Å². The van der Waals surface area contributed by atoms with E-state index in [0.717, 1.165) is 58.3 Å². The molecule has 3 aliphatic rings. The first kappa shape index (κ1) is 15.7. The van der Waals surface area contributed by atoms with E-state index in [1.165, 1.54) is 0 Å². The van der Waals surface area contributed by atoms with Crippen LogP contribution in [-0.2, 0) is 19.3 Å². The molecule has 0 aromatic heterocycles. The summed E-state index contributed by atoms with van der Waals surface area (Å²) >= 11 is 0. The van der Waals surface area contributed by atoms with Crippen LogP contribution in [0, 0.1) is 11.8 Å². The van der Waals surface area contributed by atoms with Gasteiger partial charge in [0.2, 0.25) is 0 Å². The Morgan fingerprint density at radius 3 is 2.62 bits per heavy atom. The number of rotatable bonds is 3. The summed E-state index contributed by atoms with van der Waals surface area (Å²) in [7, 11) is -2.80. The van der Waals surface area contributed by atoms with E-state index in [0.29, 0.717) is 17.4 Å². The van der Waals surface area contributed by atoms with E-state index in [1.54, 1.807) is 0 Å². The van der Waals surface area contributed by atoms with Crippen LogP contribution in [0.15, 0.2) is 0 Å². The zero-order chi connectivity index (χ0) is 14.9. The number of nitrogens with two attached hydrogens (primary N) is 1. The van der Waals surface area contributed by atoms with Crippen LogP contribution < -0.4 is 5.73 Å². The highest BCUT2D eigenvalue weighted by atomic mass is 32.2. The van der Waals surface area contributed by atoms with Gasteiger partial charge >= 0.3 is 0 Å². The molecule has 122 valence electrons. The van der Waals surface area contributed by atoms with Gasteiger partial charge in [-0.15, -0.1) is 0 Å². The fraction of sp³-hybridized carbons (Fsp3) is 1.00. The van der Waals surface area contributed by atoms with Crippen molar-refractivity contribution in [1.82, 2.24) is 0 Å². The van der Waals surface area contributed by atoms with Crippen molar-refractivity contribution in [3.63, 3.8) is 0 Å². The third kappa shape index (κ3) is 3.78. The minimum atomic E-state index is -2.80. The summed E-state index contributed by atoms with van der Waals surface area (Å²) < 4.78 is 34.6. The van der Waals surface area contributed by atoms with E-state index in [4.69, 9.17) is 15.2 Å². The molecule has 3 heterocycles. The predicted molar refractivity (Wildman–Crippen MR) is 80.8 cm³/mol. The molecule has 0 amide bonds. The van der Waals surface area contributed by atoms with E-state index in [2.05, 4.69) is 0 Å². The van der Waals surface area contributed by atoms with Crippen LogP contribution in [0.1, 0.15) is 38.5 Å². The van der Waals surface area contributed by atoms with Crippen LogP contribution in [0.4, 0.5) is 0 Å². The summed E-state index contributed by atoms with van der Waals surface area (Å²) in [6, 6.07) is 0.104. The molecule has 3 saturated heterocycles. The maximum atomic E-state index is 11.6.